The van der Waals surface area contributed by atoms with E-state index in [9.17, 15) is 8.78 Å². The highest BCUT2D eigenvalue weighted by Gasteiger charge is 2.48. The largest absolute Gasteiger partial charge is 0.372 e. The maximum Gasteiger partial charge on any atom is 0.261 e. The molecule has 0 spiro atoms. The Hall–Kier alpha value is -0.220. The van der Waals surface area contributed by atoms with Crippen LogP contribution in [0.15, 0.2) is 0 Å². The van der Waals surface area contributed by atoms with E-state index < -0.39 is 13.0 Å². The lowest BCUT2D eigenvalue weighted by molar-refractivity contribution is -0.139. The van der Waals surface area contributed by atoms with Crippen LogP contribution in [0.3, 0.4) is 0 Å². The number of hydrogen-bond acceptors (Lipinski definition) is 2. The normalized spacial score (nSPS) is 29.2. The maximum atomic E-state index is 12.0. The quantitative estimate of drug-likeness (QED) is 0.743. The molecule has 1 saturated carbocycles. The second kappa shape index (κ2) is 5.21. The Kier molecular flexibility index (Phi) is 4.46. The molecule has 0 amide bonds. The first-order valence-corrected chi connectivity index (χ1v) is 5.61. The lowest BCUT2D eigenvalue weighted by Crippen LogP contribution is -2.61. The topological polar surface area (TPSA) is 21.3 Å². The standard InChI is InChI=1S/C11H21F2NO/c1-4-5-14-8-6-9(11(8,2)3)15-7-10(12)13/h8-10,14H,4-7H2,1-3H3. The first kappa shape index (κ1) is 12.8. The number of alkyl halides is 2. The zero-order chi connectivity index (χ0) is 11.5. The van der Waals surface area contributed by atoms with E-state index in [1.165, 1.54) is 0 Å². The van der Waals surface area contributed by atoms with Gasteiger partial charge >= 0.3 is 0 Å². The lowest BCUT2D eigenvalue weighted by atomic mass is 9.64. The molecule has 0 aliphatic heterocycles. The van der Waals surface area contributed by atoms with Crippen molar-refractivity contribution in [3.05, 3.63) is 0 Å². The summed E-state index contributed by atoms with van der Waals surface area (Å²) >= 11 is 0. The highest BCUT2D eigenvalue weighted by atomic mass is 19.3. The van der Waals surface area contributed by atoms with Crippen LogP contribution in [-0.4, -0.2) is 31.7 Å². The Balaban J connectivity index is 2.28. The fourth-order valence-corrected chi connectivity index (χ4v) is 2.02. The van der Waals surface area contributed by atoms with Gasteiger partial charge in [-0.1, -0.05) is 20.8 Å². The van der Waals surface area contributed by atoms with Gasteiger partial charge < -0.3 is 10.1 Å². The molecular formula is C11H21F2NO. The summed E-state index contributed by atoms with van der Waals surface area (Å²) in [5.74, 6) is 0. The van der Waals surface area contributed by atoms with Crippen molar-refractivity contribution in [1.82, 2.24) is 5.32 Å². The summed E-state index contributed by atoms with van der Waals surface area (Å²) < 4.78 is 29.1. The van der Waals surface area contributed by atoms with Crippen molar-refractivity contribution in [2.45, 2.75) is 52.2 Å². The van der Waals surface area contributed by atoms with Crippen molar-refractivity contribution < 1.29 is 13.5 Å². The van der Waals surface area contributed by atoms with E-state index in [1.54, 1.807) is 0 Å². The Morgan fingerprint density at radius 1 is 1.47 bits per heavy atom. The van der Waals surface area contributed by atoms with Crippen molar-refractivity contribution in [3.8, 4) is 0 Å². The summed E-state index contributed by atoms with van der Waals surface area (Å²) in [6, 6.07) is 0.403. The van der Waals surface area contributed by atoms with Crippen LogP contribution in [0.5, 0.6) is 0 Å². The smallest absolute Gasteiger partial charge is 0.261 e. The van der Waals surface area contributed by atoms with E-state index in [1.807, 2.05) is 0 Å². The van der Waals surface area contributed by atoms with Gasteiger partial charge in [0.2, 0.25) is 0 Å². The van der Waals surface area contributed by atoms with Gasteiger partial charge in [0.05, 0.1) is 6.10 Å². The number of ether oxygens (including phenoxy) is 1. The molecule has 0 aromatic rings. The van der Waals surface area contributed by atoms with Gasteiger partial charge in [-0.15, -0.1) is 0 Å². The number of nitrogens with one attached hydrogen (secondary N) is 1. The molecule has 1 rings (SSSR count). The van der Waals surface area contributed by atoms with E-state index in [0.717, 1.165) is 19.4 Å². The van der Waals surface area contributed by atoms with Crippen LogP contribution >= 0.6 is 0 Å². The van der Waals surface area contributed by atoms with Gasteiger partial charge in [0, 0.05) is 11.5 Å². The molecule has 0 aromatic heterocycles. The van der Waals surface area contributed by atoms with Crippen LogP contribution in [0.1, 0.15) is 33.6 Å². The van der Waals surface area contributed by atoms with Crippen molar-refractivity contribution in [1.29, 1.82) is 0 Å². The van der Waals surface area contributed by atoms with Gasteiger partial charge in [0.1, 0.15) is 6.61 Å². The molecule has 4 heteroatoms. The van der Waals surface area contributed by atoms with Gasteiger partial charge in [-0.2, -0.15) is 0 Å². The highest BCUT2D eigenvalue weighted by molar-refractivity contribution is 5.02. The molecule has 2 unspecified atom stereocenters. The minimum Gasteiger partial charge on any atom is -0.372 e. The Bertz CT molecular complexity index is 197. The number of rotatable bonds is 6. The monoisotopic (exact) mass is 221 g/mol. The molecule has 15 heavy (non-hydrogen) atoms. The Morgan fingerprint density at radius 3 is 2.60 bits per heavy atom. The molecule has 1 aliphatic rings. The van der Waals surface area contributed by atoms with Crippen LogP contribution in [0.4, 0.5) is 8.78 Å². The van der Waals surface area contributed by atoms with Gasteiger partial charge in [-0.25, -0.2) is 8.78 Å². The summed E-state index contributed by atoms with van der Waals surface area (Å²) in [7, 11) is 0. The van der Waals surface area contributed by atoms with Gasteiger partial charge in [0.15, 0.2) is 0 Å². The van der Waals surface area contributed by atoms with E-state index >= 15 is 0 Å². The third kappa shape index (κ3) is 3.11. The van der Waals surface area contributed by atoms with Crippen LogP contribution in [0.25, 0.3) is 0 Å². The second-order valence-electron chi connectivity index (χ2n) is 4.78. The van der Waals surface area contributed by atoms with Gasteiger partial charge in [-0.05, 0) is 19.4 Å². The molecule has 0 saturated heterocycles. The van der Waals surface area contributed by atoms with Crippen LogP contribution in [0, 0.1) is 5.41 Å². The average Bonchev–Trinajstić information content (AvgIpc) is 2.15. The summed E-state index contributed by atoms with van der Waals surface area (Å²) in [6.45, 7) is 6.80. The highest BCUT2D eigenvalue weighted by Crippen LogP contribution is 2.42. The number of halogens is 2. The molecule has 0 radical (unpaired) electrons. The SMILES string of the molecule is CCCNC1CC(OCC(F)F)C1(C)C. The predicted octanol–water partition coefficient (Wildman–Crippen LogP) is 2.43. The zero-order valence-electron chi connectivity index (χ0n) is 9.72. The average molecular weight is 221 g/mol. The summed E-state index contributed by atoms with van der Waals surface area (Å²) in [5.41, 5.74) is -0.0237. The van der Waals surface area contributed by atoms with Crippen molar-refractivity contribution in [3.63, 3.8) is 0 Å². The molecule has 0 bridgehead atoms. The first-order valence-electron chi connectivity index (χ1n) is 5.61. The fourth-order valence-electron chi connectivity index (χ4n) is 2.02. The van der Waals surface area contributed by atoms with E-state index in [0.29, 0.717) is 6.04 Å². The lowest BCUT2D eigenvalue weighted by Gasteiger charge is -2.52. The van der Waals surface area contributed by atoms with E-state index in [2.05, 4.69) is 26.1 Å². The molecule has 2 nitrogen and oxygen atoms in total. The molecule has 1 aliphatic carbocycles. The molecule has 2 atom stereocenters. The van der Waals surface area contributed by atoms with Gasteiger partial charge in [0.25, 0.3) is 6.43 Å². The van der Waals surface area contributed by atoms with Crippen molar-refractivity contribution >= 4 is 0 Å². The molecule has 90 valence electrons. The first-order chi connectivity index (χ1) is 6.98. The summed E-state index contributed by atoms with van der Waals surface area (Å²) in [6.07, 6.45) is -0.446. The van der Waals surface area contributed by atoms with Crippen LogP contribution in [-0.2, 0) is 4.74 Å². The molecular weight excluding hydrogens is 200 g/mol. The van der Waals surface area contributed by atoms with Crippen molar-refractivity contribution in [2.75, 3.05) is 13.2 Å². The minimum atomic E-state index is -2.36. The summed E-state index contributed by atoms with van der Waals surface area (Å²) in [5, 5.41) is 3.41. The summed E-state index contributed by atoms with van der Waals surface area (Å²) in [4.78, 5) is 0. The van der Waals surface area contributed by atoms with E-state index in [4.69, 9.17) is 4.74 Å². The van der Waals surface area contributed by atoms with Crippen LogP contribution < -0.4 is 5.32 Å². The predicted molar refractivity (Wildman–Crippen MR) is 56.2 cm³/mol. The third-order valence-corrected chi connectivity index (χ3v) is 3.24. The molecule has 1 N–H and O–H groups in total. The molecule has 0 heterocycles. The van der Waals surface area contributed by atoms with Gasteiger partial charge in [-0.3, -0.25) is 0 Å². The number of hydrogen-bond donors (Lipinski definition) is 1. The second-order valence-corrected chi connectivity index (χ2v) is 4.78. The molecule has 0 aromatic carbocycles. The minimum absolute atomic E-state index is 0.0237. The Labute approximate surface area is 90.4 Å². The maximum absolute atomic E-state index is 12.0. The van der Waals surface area contributed by atoms with Crippen molar-refractivity contribution in [2.24, 2.45) is 5.41 Å². The van der Waals surface area contributed by atoms with E-state index in [-0.39, 0.29) is 11.5 Å². The molecule has 1 fully saturated rings. The fraction of sp³-hybridized carbons (Fsp3) is 1.00. The Morgan fingerprint density at radius 2 is 2.13 bits per heavy atom. The zero-order valence-corrected chi connectivity index (χ0v) is 9.72. The van der Waals surface area contributed by atoms with Crippen LogP contribution in [0.2, 0.25) is 0 Å². The third-order valence-electron chi connectivity index (χ3n) is 3.24.